The van der Waals surface area contributed by atoms with Crippen LogP contribution < -0.4 is 11.0 Å². The molecule has 7 nitrogen and oxygen atoms in total. The van der Waals surface area contributed by atoms with Crippen LogP contribution in [0.15, 0.2) is 24.3 Å². The summed E-state index contributed by atoms with van der Waals surface area (Å²) >= 11 is 6.08. The third-order valence-corrected chi connectivity index (χ3v) is 8.76. The minimum Gasteiger partial charge on any atom is -0.371 e. The second-order valence-corrected chi connectivity index (χ2v) is 13.6. The van der Waals surface area contributed by atoms with Gasteiger partial charge in [-0.2, -0.15) is 11.0 Å². The first-order chi connectivity index (χ1) is 23.6. The molecule has 0 aromatic rings. The summed E-state index contributed by atoms with van der Waals surface area (Å²) in [5.74, 6) is 0.411. The lowest BCUT2D eigenvalue weighted by atomic mass is 10.1. The Kier molecular flexibility index (Phi) is 38.8. The molecule has 0 spiro atoms. The highest BCUT2D eigenvalue weighted by molar-refractivity contribution is 6.18. The molecule has 0 aromatic heterocycles. The van der Waals surface area contributed by atoms with Crippen LogP contribution in [0.25, 0.3) is 0 Å². The van der Waals surface area contributed by atoms with Crippen molar-refractivity contribution in [2.24, 2.45) is 0 Å². The number of rotatable bonds is 38. The van der Waals surface area contributed by atoms with Crippen molar-refractivity contribution in [2.45, 2.75) is 181 Å². The SMILES string of the molecule is CCCCC/C=C\CCNOC(=O)CCCCCCCCCN(CCCl)CCCCCCCCCC(=O)ONCC/C=C\CCCCC. The lowest BCUT2D eigenvalue weighted by Gasteiger charge is -2.21. The largest absolute Gasteiger partial charge is 0.371 e. The molecule has 2 N–H and O–H groups in total. The van der Waals surface area contributed by atoms with Crippen LogP contribution >= 0.6 is 11.6 Å². The van der Waals surface area contributed by atoms with Crippen molar-refractivity contribution in [3.63, 3.8) is 0 Å². The van der Waals surface area contributed by atoms with Crippen molar-refractivity contribution in [1.29, 1.82) is 0 Å². The highest BCUT2D eigenvalue weighted by Crippen LogP contribution is 2.12. The number of unbranched alkanes of at least 4 members (excludes halogenated alkanes) is 18. The monoisotopic (exact) mass is 698 g/mol. The van der Waals surface area contributed by atoms with E-state index in [-0.39, 0.29) is 11.9 Å². The predicted octanol–water partition coefficient (Wildman–Crippen LogP) is 10.9. The number of nitrogens with one attached hydrogen (secondary N) is 2. The summed E-state index contributed by atoms with van der Waals surface area (Å²) in [5.41, 5.74) is 5.59. The van der Waals surface area contributed by atoms with Gasteiger partial charge in [-0.25, -0.2) is 0 Å². The number of hydrogen-bond donors (Lipinski definition) is 2. The van der Waals surface area contributed by atoms with E-state index in [1.165, 1.54) is 103 Å². The Hall–Kier alpha value is -1.41. The molecule has 48 heavy (non-hydrogen) atoms. The molecule has 8 heteroatoms. The standard InChI is InChI=1S/C40H76ClN3O4/c1-3-5-7-9-15-21-27-34-42-47-39(45)31-25-19-13-11-17-23-29-36-44(38-33-41)37-30-24-18-12-14-20-26-32-40(46)48-43-35-28-22-16-10-8-6-4-2/h15-16,21-22,42-43H,3-14,17-20,23-38H2,1-2H3/b21-15-,22-16-. The number of hydroxylamine groups is 2. The number of alkyl halides is 1. The molecule has 0 saturated heterocycles. The van der Waals surface area contributed by atoms with Crippen molar-refractivity contribution < 1.29 is 19.3 Å². The van der Waals surface area contributed by atoms with Crippen LogP contribution in [-0.4, -0.2) is 55.4 Å². The molecular formula is C40H76ClN3O4. The van der Waals surface area contributed by atoms with E-state index in [2.05, 4.69) is 54.0 Å². The van der Waals surface area contributed by atoms with Gasteiger partial charge in [0.2, 0.25) is 0 Å². The Labute approximate surface area is 301 Å². The Bertz CT molecular complexity index is 692. The van der Waals surface area contributed by atoms with E-state index in [4.69, 9.17) is 21.3 Å². The minimum atomic E-state index is -0.143. The molecule has 0 radical (unpaired) electrons. The van der Waals surface area contributed by atoms with Gasteiger partial charge in [0.1, 0.15) is 0 Å². The van der Waals surface area contributed by atoms with Gasteiger partial charge in [0, 0.05) is 38.4 Å². The minimum absolute atomic E-state index is 0.143. The fraction of sp³-hybridized carbons (Fsp3) is 0.850. The van der Waals surface area contributed by atoms with E-state index in [1.807, 2.05) is 0 Å². The molecule has 282 valence electrons. The quantitative estimate of drug-likeness (QED) is 0.0288. The number of carbonyl (C=O) groups is 2. The van der Waals surface area contributed by atoms with Crippen molar-refractivity contribution in [2.75, 3.05) is 38.6 Å². The maximum absolute atomic E-state index is 11.9. The molecule has 0 heterocycles. The molecule has 0 aliphatic carbocycles. The van der Waals surface area contributed by atoms with Crippen LogP contribution in [0, 0.1) is 0 Å². The second-order valence-electron chi connectivity index (χ2n) is 13.2. The molecule has 0 unspecified atom stereocenters. The number of allylic oxidation sites excluding steroid dienone is 2. The molecular weight excluding hydrogens is 622 g/mol. The summed E-state index contributed by atoms with van der Waals surface area (Å²) in [6.45, 7) is 9.05. The first kappa shape index (κ1) is 46.6. The van der Waals surface area contributed by atoms with Crippen molar-refractivity contribution in [3.05, 3.63) is 24.3 Å². The summed E-state index contributed by atoms with van der Waals surface area (Å²) in [6, 6.07) is 0. The number of carbonyl (C=O) groups excluding carboxylic acids is 2. The van der Waals surface area contributed by atoms with E-state index < -0.39 is 0 Å². The molecule has 0 atom stereocenters. The maximum Gasteiger partial charge on any atom is 0.324 e. The fourth-order valence-corrected chi connectivity index (χ4v) is 5.82. The van der Waals surface area contributed by atoms with Gasteiger partial charge in [0.05, 0.1) is 0 Å². The fourth-order valence-electron chi connectivity index (χ4n) is 5.58. The molecule has 0 rings (SSSR count). The van der Waals surface area contributed by atoms with Crippen LogP contribution in [0.4, 0.5) is 0 Å². The number of nitrogens with zero attached hydrogens (tertiary/aromatic N) is 1. The normalized spacial score (nSPS) is 11.8. The van der Waals surface area contributed by atoms with E-state index in [0.717, 1.165) is 71.0 Å². The van der Waals surface area contributed by atoms with Crippen LogP contribution in [0.1, 0.15) is 181 Å². The van der Waals surface area contributed by atoms with E-state index >= 15 is 0 Å². The first-order valence-electron chi connectivity index (χ1n) is 20.1. The molecule has 0 amide bonds. The number of halogens is 1. The Morgan fingerprint density at radius 3 is 1.27 bits per heavy atom. The van der Waals surface area contributed by atoms with Gasteiger partial charge in [-0.3, -0.25) is 9.59 Å². The maximum atomic E-state index is 11.9. The zero-order chi connectivity index (χ0) is 35.0. The summed E-state index contributed by atoms with van der Waals surface area (Å²) in [7, 11) is 0. The third kappa shape index (κ3) is 37.4. The average molecular weight is 699 g/mol. The lowest BCUT2D eigenvalue weighted by Crippen LogP contribution is -2.28. The van der Waals surface area contributed by atoms with E-state index in [1.54, 1.807) is 0 Å². The van der Waals surface area contributed by atoms with Crippen molar-refractivity contribution in [1.82, 2.24) is 15.9 Å². The highest BCUT2D eigenvalue weighted by Gasteiger charge is 2.06. The van der Waals surface area contributed by atoms with Crippen LogP contribution in [0.2, 0.25) is 0 Å². The van der Waals surface area contributed by atoms with Gasteiger partial charge in [0.25, 0.3) is 0 Å². The van der Waals surface area contributed by atoms with Crippen LogP contribution in [-0.2, 0) is 19.3 Å². The topological polar surface area (TPSA) is 79.9 Å². The van der Waals surface area contributed by atoms with Gasteiger partial charge in [-0.15, -0.1) is 11.6 Å². The number of hydrogen-bond acceptors (Lipinski definition) is 7. The highest BCUT2D eigenvalue weighted by atomic mass is 35.5. The Balaban J connectivity index is 3.53. The summed E-state index contributed by atoms with van der Waals surface area (Å²) in [6.07, 6.45) is 37.8. The van der Waals surface area contributed by atoms with Crippen molar-refractivity contribution in [3.8, 4) is 0 Å². The zero-order valence-corrected chi connectivity index (χ0v) is 32.2. The molecule has 0 aliphatic heterocycles. The van der Waals surface area contributed by atoms with E-state index in [0.29, 0.717) is 31.8 Å². The second kappa shape index (κ2) is 40.0. The summed E-state index contributed by atoms with van der Waals surface area (Å²) in [4.78, 5) is 36.5. The summed E-state index contributed by atoms with van der Waals surface area (Å²) in [5, 5.41) is 0. The molecule has 0 aromatic carbocycles. The Morgan fingerprint density at radius 1 is 0.500 bits per heavy atom. The van der Waals surface area contributed by atoms with Gasteiger partial charge in [0.15, 0.2) is 0 Å². The van der Waals surface area contributed by atoms with Gasteiger partial charge >= 0.3 is 11.9 Å². The van der Waals surface area contributed by atoms with Gasteiger partial charge in [-0.1, -0.05) is 128 Å². The molecule has 0 fully saturated rings. The smallest absolute Gasteiger partial charge is 0.324 e. The molecule has 0 aliphatic rings. The summed E-state index contributed by atoms with van der Waals surface area (Å²) < 4.78 is 0. The lowest BCUT2D eigenvalue weighted by molar-refractivity contribution is -0.152. The molecule has 0 saturated carbocycles. The van der Waals surface area contributed by atoms with Gasteiger partial charge in [-0.05, 0) is 77.3 Å². The first-order valence-corrected chi connectivity index (χ1v) is 20.6. The van der Waals surface area contributed by atoms with Crippen LogP contribution in [0.5, 0.6) is 0 Å². The third-order valence-electron chi connectivity index (χ3n) is 8.59. The van der Waals surface area contributed by atoms with Crippen molar-refractivity contribution >= 4 is 23.5 Å². The van der Waals surface area contributed by atoms with Crippen LogP contribution in [0.3, 0.4) is 0 Å². The zero-order valence-electron chi connectivity index (χ0n) is 31.4. The molecule has 0 bridgehead atoms. The Morgan fingerprint density at radius 2 is 0.875 bits per heavy atom. The average Bonchev–Trinajstić information content (AvgIpc) is 3.08. The van der Waals surface area contributed by atoms with E-state index in [9.17, 15) is 9.59 Å². The van der Waals surface area contributed by atoms with Gasteiger partial charge < -0.3 is 14.6 Å². The predicted molar refractivity (Wildman–Crippen MR) is 205 cm³/mol.